The van der Waals surface area contributed by atoms with Gasteiger partial charge in [0.05, 0.1) is 6.67 Å². The standard InChI is InChI=1S/C13H28N2O/c1-4-5-6-7-8-9-10-11-13(16)14-12-15(2)3/h4-12H2,1-3H3,(H,14,16). The van der Waals surface area contributed by atoms with Gasteiger partial charge in [-0.15, -0.1) is 0 Å². The van der Waals surface area contributed by atoms with Gasteiger partial charge in [-0.05, 0) is 20.5 Å². The molecule has 0 aromatic heterocycles. The van der Waals surface area contributed by atoms with Crippen LogP contribution < -0.4 is 5.32 Å². The zero-order chi connectivity index (χ0) is 12.2. The molecule has 0 rings (SSSR count). The summed E-state index contributed by atoms with van der Waals surface area (Å²) in [6, 6.07) is 0. The van der Waals surface area contributed by atoms with Crippen molar-refractivity contribution >= 4 is 5.91 Å². The SMILES string of the molecule is CCCCCCCCCC(=O)NCN(C)C. The zero-order valence-electron chi connectivity index (χ0n) is 11.2. The third-order valence-electron chi connectivity index (χ3n) is 2.60. The highest BCUT2D eigenvalue weighted by Gasteiger charge is 2.00. The van der Waals surface area contributed by atoms with Crippen molar-refractivity contribution in [3.05, 3.63) is 0 Å². The molecule has 96 valence electrons. The molecule has 1 N–H and O–H groups in total. The summed E-state index contributed by atoms with van der Waals surface area (Å²) in [6.07, 6.45) is 9.51. The molecule has 0 aromatic carbocycles. The predicted octanol–water partition coefficient (Wildman–Crippen LogP) is 2.76. The number of carbonyl (C=O) groups excluding carboxylic acids is 1. The summed E-state index contributed by atoms with van der Waals surface area (Å²) in [6.45, 7) is 2.88. The molecule has 0 radical (unpaired) electrons. The van der Waals surface area contributed by atoms with E-state index in [9.17, 15) is 4.79 Å². The molecule has 1 amide bonds. The average molecular weight is 228 g/mol. The summed E-state index contributed by atoms with van der Waals surface area (Å²) in [5, 5.41) is 2.88. The summed E-state index contributed by atoms with van der Waals surface area (Å²) in [5.74, 6) is 0.183. The van der Waals surface area contributed by atoms with Crippen LogP contribution in [0.5, 0.6) is 0 Å². The number of amides is 1. The van der Waals surface area contributed by atoms with Gasteiger partial charge in [0.2, 0.25) is 5.91 Å². The molecular formula is C13H28N2O. The Morgan fingerprint density at radius 2 is 1.56 bits per heavy atom. The van der Waals surface area contributed by atoms with Crippen LogP contribution in [-0.2, 0) is 4.79 Å². The second-order valence-corrected chi connectivity index (χ2v) is 4.71. The van der Waals surface area contributed by atoms with E-state index in [0.717, 1.165) is 6.42 Å². The second-order valence-electron chi connectivity index (χ2n) is 4.71. The minimum atomic E-state index is 0.183. The fraction of sp³-hybridized carbons (Fsp3) is 0.923. The van der Waals surface area contributed by atoms with E-state index in [-0.39, 0.29) is 5.91 Å². The third-order valence-corrected chi connectivity index (χ3v) is 2.60. The van der Waals surface area contributed by atoms with Crippen molar-refractivity contribution in [1.82, 2.24) is 10.2 Å². The normalized spacial score (nSPS) is 10.8. The lowest BCUT2D eigenvalue weighted by Gasteiger charge is -2.10. The molecule has 0 atom stereocenters. The Morgan fingerprint density at radius 1 is 1.00 bits per heavy atom. The van der Waals surface area contributed by atoms with Crippen LogP contribution in [0.4, 0.5) is 0 Å². The van der Waals surface area contributed by atoms with Crippen molar-refractivity contribution in [2.45, 2.75) is 58.3 Å². The summed E-state index contributed by atoms with van der Waals surface area (Å²) >= 11 is 0. The van der Waals surface area contributed by atoms with Gasteiger partial charge in [0.1, 0.15) is 0 Å². The lowest BCUT2D eigenvalue weighted by molar-refractivity contribution is -0.121. The maximum Gasteiger partial charge on any atom is 0.220 e. The number of rotatable bonds is 10. The molecule has 0 aliphatic carbocycles. The van der Waals surface area contributed by atoms with Crippen LogP contribution in [0, 0.1) is 0 Å². The Bertz CT molecular complexity index is 169. The topological polar surface area (TPSA) is 32.3 Å². The van der Waals surface area contributed by atoms with Gasteiger partial charge in [-0.2, -0.15) is 0 Å². The Labute approximate surface area is 101 Å². The second kappa shape index (κ2) is 10.9. The minimum absolute atomic E-state index is 0.183. The van der Waals surface area contributed by atoms with E-state index in [0.29, 0.717) is 13.1 Å². The summed E-state index contributed by atoms with van der Waals surface area (Å²) in [5.41, 5.74) is 0. The van der Waals surface area contributed by atoms with Gasteiger partial charge < -0.3 is 5.32 Å². The van der Waals surface area contributed by atoms with Crippen molar-refractivity contribution in [3.63, 3.8) is 0 Å². The van der Waals surface area contributed by atoms with E-state index < -0.39 is 0 Å². The van der Waals surface area contributed by atoms with Crippen molar-refractivity contribution in [3.8, 4) is 0 Å². The Morgan fingerprint density at radius 3 is 2.12 bits per heavy atom. The lowest BCUT2D eigenvalue weighted by atomic mass is 10.1. The van der Waals surface area contributed by atoms with Gasteiger partial charge in [-0.25, -0.2) is 0 Å². The van der Waals surface area contributed by atoms with E-state index in [1.54, 1.807) is 0 Å². The summed E-state index contributed by atoms with van der Waals surface area (Å²) < 4.78 is 0. The zero-order valence-corrected chi connectivity index (χ0v) is 11.2. The van der Waals surface area contributed by atoms with Crippen LogP contribution in [0.1, 0.15) is 58.3 Å². The molecule has 16 heavy (non-hydrogen) atoms. The maximum atomic E-state index is 11.3. The average Bonchev–Trinajstić information content (AvgIpc) is 2.25. The molecule has 3 nitrogen and oxygen atoms in total. The highest BCUT2D eigenvalue weighted by Crippen LogP contribution is 2.08. The largest absolute Gasteiger partial charge is 0.343 e. The number of hydrogen-bond acceptors (Lipinski definition) is 2. The van der Waals surface area contributed by atoms with E-state index in [2.05, 4.69) is 12.2 Å². The van der Waals surface area contributed by atoms with Crippen LogP contribution in [0.15, 0.2) is 0 Å². The first kappa shape index (κ1) is 15.4. The number of nitrogens with one attached hydrogen (secondary N) is 1. The predicted molar refractivity (Wildman–Crippen MR) is 69.3 cm³/mol. The van der Waals surface area contributed by atoms with Crippen LogP contribution in [0.3, 0.4) is 0 Å². The van der Waals surface area contributed by atoms with E-state index >= 15 is 0 Å². The monoisotopic (exact) mass is 228 g/mol. The van der Waals surface area contributed by atoms with Crippen molar-refractivity contribution in [2.24, 2.45) is 0 Å². The van der Waals surface area contributed by atoms with E-state index in [1.807, 2.05) is 19.0 Å². The van der Waals surface area contributed by atoms with Crippen molar-refractivity contribution < 1.29 is 4.79 Å². The van der Waals surface area contributed by atoms with Crippen LogP contribution in [-0.4, -0.2) is 31.6 Å². The van der Waals surface area contributed by atoms with Crippen molar-refractivity contribution in [1.29, 1.82) is 0 Å². The first-order chi connectivity index (χ1) is 7.66. The minimum Gasteiger partial charge on any atom is -0.343 e. The number of nitrogens with zero attached hydrogens (tertiary/aromatic N) is 1. The van der Waals surface area contributed by atoms with Gasteiger partial charge in [0.25, 0.3) is 0 Å². The van der Waals surface area contributed by atoms with Crippen LogP contribution in [0.25, 0.3) is 0 Å². The molecule has 0 saturated carbocycles. The van der Waals surface area contributed by atoms with Crippen molar-refractivity contribution in [2.75, 3.05) is 20.8 Å². The smallest absolute Gasteiger partial charge is 0.220 e. The third kappa shape index (κ3) is 11.5. The molecule has 0 spiro atoms. The molecule has 0 aliphatic rings. The molecule has 0 heterocycles. The first-order valence-corrected chi connectivity index (χ1v) is 6.58. The maximum absolute atomic E-state index is 11.3. The molecule has 0 fully saturated rings. The highest BCUT2D eigenvalue weighted by molar-refractivity contribution is 5.75. The molecule has 0 unspecified atom stereocenters. The summed E-state index contributed by atoms with van der Waals surface area (Å²) in [7, 11) is 3.90. The van der Waals surface area contributed by atoms with Gasteiger partial charge >= 0.3 is 0 Å². The van der Waals surface area contributed by atoms with Gasteiger partial charge in [0.15, 0.2) is 0 Å². The Balaban J connectivity index is 3.15. The molecule has 0 aliphatic heterocycles. The van der Waals surface area contributed by atoms with E-state index in [1.165, 1.54) is 38.5 Å². The lowest BCUT2D eigenvalue weighted by Crippen LogP contribution is -2.32. The number of carbonyl (C=O) groups is 1. The van der Waals surface area contributed by atoms with Gasteiger partial charge in [-0.1, -0.05) is 45.4 Å². The Hall–Kier alpha value is -0.570. The quantitative estimate of drug-likeness (QED) is 0.460. The van der Waals surface area contributed by atoms with Gasteiger partial charge in [0, 0.05) is 6.42 Å². The number of hydrogen-bond donors (Lipinski definition) is 1. The summed E-state index contributed by atoms with van der Waals surface area (Å²) in [4.78, 5) is 13.3. The van der Waals surface area contributed by atoms with Crippen LogP contribution in [0.2, 0.25) is 0 Å². The molecule has 0 saturated heterocycles. The van der Waals surface area contributed by atoms with E-state index in [4.69, 9.17) is 0 Å². The molecule has 0 aromatic rings. The molecule has 0 bridgehead atoms. The first-order valence-electron chi connectivity index (χ1n) is 6.58. The fourth-order valence-corrected chi connectivity index (χ4v) is 1.58. The number of unbranched alkanes of at least 4 members (excludes halogenated alkanes) is 6. The van der Waals surface area contributed by atoms with Crippen LogP contribution >= 0.6 is 0 Å². The molecule has 3 heteroatoms. The van der Waals surface area contributed by atoms with Gasteiger partial charge in [-0.3, -0.25) is 9.69 Å². The highest BCUT2D eigenvalue weighted by atomic mass is 16.1. The Kier molecular flexibility index (Phi) is 10.5. The molecular weight excluding hydrogens is 200 g/mol. The fourth-order valence-electron chi connectivity index (χ4n) is 1.58.